The number of rotatable bonds is 17. The van der Waals surface area contributed by atoms with Crippen LogP contribution in [0.25, 0.3) is 20.7 Å². The second kappa shape index (κ2) is 19.3. The van der Waals surface area contributed by atoms with Gasteiger partial charge < -0.3 is 19.1 Å². The van der Waals surface area contributed by atoms with Gasteiger partial charge in [-0.15, -0.1) is 10.2 Å². The number of carbonyl (C=O) groups excluding carboxylic acids is 1. The lowest BCUT2D eigenvalue weighted by atomic mass is 9.73. The highest BCUT2D eigenvalue weighted by molar-refractivity contribution is 7.19. The molecule has 6 rings (SSSR count). The summed E-state index contributed by atoms with van der Waals surface area (Å²) in [7, 11) is 2.46. The number of carbonyl (C=O) groups is 1. The van der Waals surface area contributed by atoms with Gasteiger partial charge in [-0.25, -0.2) is 9.78 Å². The number of hydrogen-bond donors (Lipinski definition) is 0. The van der Waals surface area contributed by atoms with Gasteiger partial charge in [-0.1, -0.05) is 86.6 Å². The van der Waals surface area contributed by atoms with Crippen LogP contribution in [-0.4, -0.2) is 77.6 Å². The van der Waals surface area contributed by atoms with Gasteiger partial charge in [0.2, 0.25) is 0 Å². The van der Waals surface area contributed by atoms with Crippen molar-refractivity contribution in [3.63, 3.8) is 0 Å². The number of methoxy groups -OCH3 is 1. The smallest absolute Gasteiger partial charge is 0.358 e. The van der Waals surface area contributed by atoms with Gasteiger partial charge in [0.05, 0.1) is 27.9 Å². The monoisotopic (exact) mass is 832 g/mol. The van der Waals surface area contributed by atoms with Crippen molar-refractivity contribution in [3.8, 4) is 10.4 Å². The summed E-state index contributed by atoms with van der Waals surface area (Å²) in [6.45, 7) is 16.0. The predicted octanol–water partition coefficient (Wildman–Crippen LogP) is 10.1. The number of aromatic nitrogens is 6. The molecular formula is C42H60N8O4S2Si. The molecule has 1 aliphatic rings. The minimum absolute atomic E-state index is 0.170. The lowest BCUT2D eigenvalue weighted by Crippen LogP contribution is -2.29. The van der Waals surface area contributed by atoms with Gasteiger partial charge in [-0.2, -0.15) is 10.1 Å². The molecule has 0 atom stereocenters. The molecule has 15 heteroatoms. The van der Waals surface area contributed by atoms with E-state index in [1.165, 1.54) is 56.3 Å². The molecule has 0 bridgehead atoms. The molecule has 0 amide bonds. The molecule has 0 unspecified atom stereocenters. The maximum absolute atomic E-state index is 13.4. The summed E-state index contributed by atoms with van der Waals surface area (Å²) in [5.74, 6) is 0.675. The summed E-state index contributed by atoms with van der Waals surface area (Å²) >= 11 is 3.04. The fourth-order valence-electron chi connectivity index (χ4n) is 7.55. The second-order valence-electron chi connectivity index (χ2n) is 16.6. The molecule has 57 heavy (non-hydrogen) atoms. The van der Waals surface area contributed by atoms with Gasteiger partial charge in [0, 0.05) is 53.2 Å². The molecule has 1 aromatic carbocycles. The minimum atomic E-state index is -1.21. The number of para-hydroxylation sites is 1. The zero-order chi connectivity index (χ0) is 40.6. The highest BCUT2D eigenvalue weighted by atomic mass is 32.1. The maximum Gasteiger partial charge on any atom is 0.358 e. The van der Waals surface area contributed by atoms with Gasteiger partial charge >= 0.3 is 5.97 Å². The Kier molecular flexibility index (Phi) is 14.5. The van der Waals surface area contributed by atoms with Crippen molar-refractivity contribution in [2.45, 2.75) is 118 Å². The zero-order valence-electron chi connectivity index (χ0n) is 35.1. The molecule has 0 aliphatic heterocycles. The Labute approximate surface area is 346 Å². The van der Waals surface area contributed by atoms with E-state index in [4.69, 9.17) is 29.3 Å². The third kappa shape index (κ3) is 10.7. The van der Waals surface area contributed by atoms with Gasteiger partial charge in [0.15, 0.2) is 27.3 Å². The van der Waals surface area contributed by atoms with Crippen LogP contribution in [0, 0.1) is 19.3 Å². The molecule has 0 radical (unpaired) electrons. The fourth-order valence-corrected chi connectivity index (χ4v) is 10.4. The number of fused-ring (bicyclic) bond motifs is 1. The summed E-state index contributed by atoms with van der Waals surface area (Å²) in [6.07, 6.45) is 12.8. The van der Waals surface area contributed by atoms with Gasteiger partial charge in [0.1, 0.15) is 6.73 Å². The Morgan fingerprint density at radius 3 is 2.51 bits per heavy atom. The van der Waals surface area contributed by atoms with E-state index in [1.54, 1.807) is 18.4 Å². The molecule has 1 saturated carbocycles. The van der Waals surface area contributed by atoms with Crippen molar-refractivity contribution in [2.75, 3.05) is 38.9 Å². The van der Waals surface area contributed by atoms with E-state index in [0.29, 0.717) is 23.5 Å². The minimum Gasteiger partial charge on any atom is -0.461 e. The van der Waals surface area contributed by atoms with Crippen LogP contribution < -0.4 is 9.70 Å². The molecule has 4 aromatic heterocycles. The standard InChI is InChI=1S/C42H60N8O4S2Si/c1-9-54-39(51)36-37(32-27-43-50(31(32)3)28-42(22-17-23-52-5)20-15-11-10-12-16-21-42)56-40(44-36)48(4)35-26-30(2)38(47-46-35)45-41-49(29-53-24-25-57(6,7)8)33-18-13-14-19-34(33)55-41/h13-14,18-19,26-27H,9-12,15-17,20-25,28-29H2,1-8H3. The van der Waals surface area contributed by atoms with Gasteiger partial charge in [0.25, 0.3) is 0 Å². The number of esters is 1. The lowest BCUT2D eigenvalue weighted by molar-refractivity contribution is 0.0521. The maximum atomic E-state index is 13.4. The molecule has 1 fully saturated rings. The van der Waals surface area contributed by atoms with E-state index in [0.717, 1.165) is 75.4 Å². The zero-order valence-corrected chi connectivity index (χ0v) is 37.7. The number of hydrogen-bond acceptors (Lipinski definition) is 12. The molecule has 12 nitrogen and oxygen atoms in total. The molecule has 1 aliphatic carbocycles. The Bertz CT molecular complexity index is 2180. The van der Waals surface area contributed by atoms with Crippen LogP contribution in [-0.2, 0) is 27.5 Å². The Morgan fingerprint density at radius 2 is 1.79 bits per heavy atom. The molecule has 308 valence electrons. The van der Waals surface area contributed by atoms with Crippen LogP contribution >= 0.6 is 22.7 Å². The Hall–Kier alpha value is -3.76. The summed E-state index contributed by atoms with van der Waals surface area (Å²) in [5, 5.41) is 14.7. The molecule has 4 heterocycles. The first-order valence-corrected chi connectivity index (χ1v) is 25.7. The van der Waals surface area contributed by atoms with Crippen LogP contribution in [0.15, 0.2) is 41.5 Å². The number of anilines is 2. The van der Waals surface area contributed by atoms with E-state index in [2.05, 4.69) is 58.1 Å². The van der Waals surface area contributed by atoms with Gasteiger partial charge in [-0.3, -0.25) is 9.25 Å². The quantitative estimate of drug-likeness (QED) is 0.0512. The first-order chi connectivity index (χ1) is 27.4. The highest BCUT2D eigenvalue weighted by Gasteiger charge is 2.33. The molecule has 0 saturated heterocycles. The number of thiazole rings is 2. The van der Waals surface area contributed by atoms with Gasteiger partial charge in [-0.05, 0) is 81.7 Å². The highest BCUT2D eigenvalue weighted by Crippen LogP contribution is 2.42. The van der Waals surface area contributed by atoms with E-state index >= 15 is 0 Å². The Morgan fingerprint density at radius 1 is 1.04 bits per heavy atom. The van der Waals surface area contributed by atoms with Crippen molar-refractivity contribution in [3.05, 3.63) is 58.3 Å². The second-order valence-corrected chi connectivity index (χ2v) is 24.2. The number of aryl methyl sites for hydroxylation is 1. The van der Waals surface area contributed by atoms with Crippen molar-refractivity contribution < 1.29 is 19.0 Å². The van der Waals surface area contributed by atoms with Crippen LogP contribution in [0.2, 0.25) is 25.7 Å². The number of ether oxygens (including phenoxy) is 3. The molecular weight excluding hydrogens is 773 g/mol. The lowest BCUT2D eigenvalue weighted by Gasteiger charge is -2.36. The largest absolute Gasteiger partial charge is 0.461 e. The topological polar surface area (TPSA) is 122 Å². The third-order valence-electron chi connectivity index (χ3n) is 11.0. The summed E-state index contributed by atoms with van der Waals surface area (Å²) < 4.78 is 22.6. The van der Waals surface area contributed by atoms with Crippen LogP contribution in [0.4, 0.5) is 16.8 Å². The Balaban J connectivity index is 1.28. The van der Waals surface area contributed by atoms with Crippen molar-refractivity contribution in [1.29, 1.82) is 0 Å². The van der Waals surface area contributed by atoms with Crippen LogP contribution in [0.1, 0.15) is 86.5 Å². The van der Waals surface area contributed by atoms with Crippen LogP contribution in [0.5, 0.6) is 0 Å². The summed E-state index contributed by atoms with van der Waals surface area (Å²) in [6, 6.07) is 11.3. The molecule has 0 spiro atoms. The number of nitrogens with zero attached hydrogens (tertiary/aromatic N) is 8. The first kappa shape index (κ1) is 42.8. The van der Waals surface area contributed by atoms with Crippen molar-refractivity contribution in [1.82, 2.24) is 29.5 Å². The molecule has 0 N–H and O–H groups in total. The summed E-state index contributed by atoms with van der Waals surface area (Å²) in [5.41, 5.74) is 4.31. The van der Waals surface area contributed by atoms with Crippen molar-refractivity contribution >= 4 is 63.7 Å². The third-order valence-corrected chi connectivity index (χ3v) is 14.9. The first-order valence-electron chi connectivity index (χ1n) is 20.4. The SMILES string of the molecule is CCOC(=O)c1nc(N(C)c2cc(C)c(N=c3sc4ccccc4n3COCC[Si](C)(C)C)nn2)sc1-c1cnn(CC2(CCCOC)CCCCCCC2)c1C. The van der Waals surface area contributed by atoms with E-state index in [-0.39, 0.29) is 17.7 Å². The normalized spacial score (nSPS) is 15.2. The predicted molar refractivity (Wildman–Crippen MR) is 234 cm³/mol. The van der Waals surface area contributed by atoms with E-state index in [9.17, 15) is 4.79 Å². The van der Waals surface area contributed by atoms with E-state index < -0.39 is 14.0 Å². The van der Waals surface area contributed by atoms with Crippen molar-refractivity contribution in [2.24, 2.45) is 10.4 Å². The fraction of sp³-hybridized carbons (Fsp3) is 0.571. The average molecular weight is 833 g/mol. The number of benzene rings is 1. The van der Waals surface area contributed by atoms with Crippen LogP contribution in [0.3, 0.4) is 0 Å². The average Bonchev–Trinajstić information content (AvgIpc) is 3.87. The molecule has 5 aromatic rings. The summed E-state index contributed by atoms with van der Waals surface area (Å²) in [4.78, 5) is 26.7. The van der Waals surface area contributed by atoms with E-state index in [1.807, 2.05) is 50.2 Å².